The monoisotopic (exact) mass is 415 g/mol. The van der Waals surface area contributed by atoms with Crippen LogP contribution in [0.5, 0.6) is 0 Å². The molecule has 0 spiro atoms. The molecule has 3 aromatic heterocycles. The molecule has 0 saturated heterocycles. The highest BCUT2D eigenvalue weighted by Crippen LogP contribution is 2.31. The van der Waals surface area contributed by atoms with Gasteiger partial charge >= 0.3 is 0 Å². The van der Waals surface area contributed by atoms with Crippen LogP contribution in [0.15, 0.2) is 10.6 Å². The zero-order valence-corrected chi connectivity index (χ0v) is 18.0. The van der Waals surface area contributed by atoms with Crippen molar-refractivity contribution in [3.05, 3.63) is 38.8 Å². The quantitative estimate of drug-likeness (QED) is 0.575. The number of carbonyl (C=O) groups is 1. The Hall–Kier alpha value is -2.52. The second-order valence-corrected chi connectivity index (χ2v) is 8.30. The molecular formula is C20H25N5O3S. The standard InChI is InChI=1S/C20H25N5O3S/c1-5-27-9-8-25-16-6-7-24(20(26)18-13(3)22-14(4)29-18)11-15(16)17(23-25)19-21-10-12(2)28-19/h10H,5-9,11H2,1-4H3. The van der Waals surface area contributed by atoms with E-state index in [1.807, 2.05) is 37.3 Å². The molecule has 0 bridgehead atoms. The van der Waals surface area contributed by atoms with Crippen LogP contribution in [0.2, 0.25) is 0 Å². The summed E-state index contributed by atoms with van der Waals surface area (Å²) >= 11 is 1.45. The number of nitrogens with zero attached hydrogens (tertiary/aromatic N) is 5. The Labute approximate surface area is 173 Å². The summed E-state index contributed by atoms with van der Waals surface area (Å²) in [6.07, 6.45) is 2.42. The molecule has 3 aromatic rings. The molecule has 0 unspecified atom stereocenters. The molecule has 9 heteroatoms. The van der Waals surface area contributed by atoms with Gasteiger partial charge in [-0.3, -0.25) is 9.48 Å². The molecule has 0 N–H and O–H groups in total. The third-order valence-corrected chi connectivity index (χ3v) is 6.06. The van der Waals surface area contributed by atoms with Gasteiger partial charge in [-0.05, 0) is 27.7 Å². The summed E-state index contributed by atoms with van der Waals surface area (Å²) in [6, 6.07) is 0. The first-order chi connectivity index (χ1) is 14.0. The number of aromatic nitrogens is 4. The fraction of sp³-hybridized carbons (Fsp3) is 0.500. The SMILES string of the molecule is CCOCCn1nc(-c2ncc(C)o2)c2c1CCN(C(=O)c1sc(C)nc1C)C2. The van der Waals surface area contributed by atoms with Crippen molar-refractivity contribution >= 4 is 17.2 Å². The maximum absolute atomic E-state index is 13.1. The molecule has 0 aliphatic carbocycles. The van der Waals surface area contributed by atoms with E-state index in [1.54, 1.807) is 6.20 Å². The fourth-order valence-corrected chi connectivity index (χ4v) is 4.54. The predicted molar refractivity (Wildman–Crippen MR) is 109 cm³/mol. The van der Waals surface area contributed by atoms with Crippen molar-refractivity contribution in [2.24, 2.45) is 0 Å². The van der Waals surface area contributed by atoms with Crippen LogP contribution in [0, 0.1) is 20.8 Å². The topological polar surface area (TPSA) is 86.3 Å². The van der Waals surface area contributed by atoms with Gasteiger partial charge in [0.1, 0.15) is 10.6 Å². The van der Waals surface area contributed by atoms with Gasteiger partial charge in [-0.15, -0.1) is 11.3 Å². The van der Waals surface area contributed by atoms with E-state index in [9.17, 15) is 4.79 Å². The van der Waals surface area contributed by atoms with Gasteiger partial charge in [0, 0.05) is 30.8 Å². The number of carbonyl (C=O) groups excluding carboxylic acids is 1. The molecule has 0 radical (unpaired) electrons. The Morgan fingerprint density at radius 1 is 1.34 bits per heavy atom. The number of thiazole rings is 1. The molecule has 1 aliphatic heterocycles. The molecule has 4 heterocycles. The van der Waals surface area contributed by atoms with Crippen molar-refractivity contribution in [1.29, 1.82) is 0 Å². The van der Waals surface area contributed by atoms with Crippen LogP contribution < -0.4 is 0 Å². The van der Waals surface area contributed by atoms with Crippen molar-refractivity contribution < 1.29 is 13.9 Å². The van der Waals surface area contributed by atoms with Crippen molar-refractivity contribution in [2.45, 2.75) is 47.2 Å². The lowest BCUT2D eigenvalue weighted by atomic mass is 10.0. The number of ether oxygens (including phenoxy) is 1. The first kappa shape index (κ1) is 19.8. The average molecular weight is 416 g/mol. The third kappa shape index (κ3) is 3.84. The summed E-state index contributed by atoms with van der Waals surface area (Å²) in [4.78, 5) is 24.5. The van der Waals surface area contributed by atoms with Crippen LogP contribution in [-0.2, 0) is 24.2 Å². The van der Waals surface area contributed by atoms with Crippen LogP contribution >= 0.6 is 11.3 Å². The Kier molecular flexibility index (Phi) is 5.51. The van der Waals surface area contributed by atoms with Crippen LogP contribution in [0.25, 0.3) is 11.6 Å². The van der Waals surface area contributed by atoms with Crippen LogP contribution in [-0.4, -0.2) is 50.3 Å². The predicted octanol–water partition coefficient (Wildman–Crippen LogP) is 3.15. The minimum absolute atomic E-state index is 0.0235. The minimum Gasteiger partial charge on any atom is -0.440 e. The van der Waals surface area contributed by atoms with E-state index in [0.29, 0.717) is 49.3 Å². The highest BCUT2D eigenvalue weighted by molar-refractivity contribution is 7.13. The summed E-state index contributed by atoms with van der Waals surface area (Å²) in [5.41, 5.74) is 3.62. The van der Waals surface area contributed by atoms with E-state index >= 15 is 0 Å². The smallest absolute Gasteiger partial charge is 0.266 e. The first-order valence-corrected chi connectivity index (χ1v) is 10.6. The van der Waals surface area contributed by atoms with E-state index in [0.717, 1.165) is 34.1 Å². The van der Waals surface area contributed by atoms with E-state index in [1.165, 1.54) is 11.3 Å². The Morgan fingerprint density at radius 2 is 2.17 bits per heavy atom. The van der Waals surface area contributed by atoms with E-state index in [4.69, 9.17) is 14.3 Å². The Morgan fingerprint density at radius 3 is 2.83 bits per heavy atom. The molecular weight excluding hydrogens is 390 g/mol. The molecule has 0 saturated carbocycles. The summed E-state index contributed by atoms with van der Waals surface area (Å²) < 4.78 is 13.2. The lowest BCUT2D eigenvalue weighted by molar-refractivity contribution is 0.0736. The number of hydrogen-bond donors (Lipinski definition) is 0. The van der Waals surface area contributed by atoms with Crippen molar-refractivity contribution in [2.75, 3.05) is 19.8 Å². The maximum Gasteiger partial charge on any atom is 0.266 e. The summed E-state index contributed by atoms with van der Waals surface area (Å²) in [5.74, 6) is 1.25. The largest absolute Gasteiger partial charge is 0.440 e. The Bertz CT molecular complexity index is 1040. The fourth-order valence-electron chi connectivity index (χ4n) is 3.65. The van der Waals surface area contributed by atoms with Gasteiger partial charge in [-0.25, -0.2) is 9.97 Å². The van der Waals surface area contributed by atoms with Gasteiger partial charge < -0.3 is 14.1 Å². The van der Waals surface area contributed by atoms with E-state index in [2.05, 4.69) is 9.97 Å². The zero-order valence-electron chi connectivity index (χ0n) is 17.2. The zero-order chi connectivity index (χ0) is 20.5. The van der Waals surface area contributed by atoms with Gasteiger partial charge in [-0.2, -0.15) is 5.10 Å². The van der Waals surface area contributed by atoms with E-state index < -0.39 is 0 Å². The Balaban J connectivity index is 1.66. The number of aryl methyl sites for hydroxylation is 3. The number of fused-ring (bicyclic) bond motifs is 1. The number of amides is 1. The molecule has 4 rings (SSSR count). The second-order valence-electron chi connectivity index (χ2n) is 7.09. The molecule has 8 nitrogen and oxygen atoms in total. The van der Waals surface area contributed by atoms with Gasteiger partial charge in [-0.1, -0.05) is 0 Å². The summed E-state index contributed by atoms with van der Waals surface area (Å²) in [6.45, 7) is 10.7. The number of oxazole rings is 1. The van der Waals surface area contributed by atoms with Crippen molar-refractivity contribution in [3.8, 4) is 11.6 Å². The maximum atomic E-state index is 13.1. The molecule has 154 valence electrons. The van der Waals surface area contributed by atoms with Gasteiger partial charge in [0.25, 0.3) is 5.91 Å². The number of rotatable bonds is 6. The highest BCUT2D eigenvalue weighted by atomic mass is 32.1. The molecule has 29 heavy (non-hydrogen) atoms. The molecule has 0 aromatic carbocycles. The van der Waals surface area contributed by atoms with Gasteiger partial charge in [0.05, 0.1) is 36.6 Å². The van der Waals surface area contributed by atoms with Crippen molar-refractivity contribution in [3.63, 3.8) is 0 Å². The lowest BCUT2D eigenvalue weighted by Crippen LogP contribution is -2.36. The van der Waals surface area contributed by atoms with Crippen LogP contribution in [0.4, 0.5) is 0 Å². The van der Waals surface area contributed by atoms with Crippen molar-refractivity contribution in [1.82, 2.24) is 24.6 Å². The summed E-state index contributed by atoms with van der Waals surface area (Å²) in [7, 11) is 0. The first-order valence-electron chi connectivity index (χ1n) is 9.80. The minimum atomic E-state index is 0.0235. The van der Waals surface area contributed by atoms with Crippen LogP contribution in [0.3, 0.4) is 0 Å². The molecule has 1 amide bonds. The van der Waals surface area contributed by atoms with Gasteiger partial charge in [0.15, 0.2) is 5.69 Å². The van der Waals surface area contributed by atoms with Gasteiger partial charge in [0.2, 0.25) is 5.89 Å². The molecule has 0 atom stereocenters. The van der Waals surface area contributed by atoms with E-state index in [-0.39, 0.29) is 5.91 Å². The molecule has 1 aliphatic rings. The summed E-state index contributed by atoms with van der Waals surface area (Å²) in [5, 5.41) is 5.67. The van der Waals surface area contributed by atoms with Crippen LogP contribution in [0.1, 0.15) is 44.3 Å². The number of hydrogen-bond acceptors (Lipinski definition) is 7. The molecule has 0 fully saturated rings. The highest BCUT2D eigenvalue weighted by Gasteiger charge is 2.31. The third-order valence-electron chi connectivity index (χ3n) is 4.99. The average Bonchev–Trinajstić information content (AvgIpc) is 3.38. The normalized spacial score (nSPS) is 13.7. The lowest BCUT2D eigenvalue weighted by Gasteiger charge is -2.27. The second kappa shape index (κ2) is 8.08.